The summed E-state index contributed by atoms with van der Waals surface area (Å²) < 4.78 is 15.6. The highest BCUT2D eigenvalue weighted by molar-refractivity contribution is 5.99. The van der Waals surface area contributed by atoms with E-state index in [1.165, 1.54) is 4.90 Å². The van der Waals surface area contributed by atoms with Gasteiger partial charge in [-0.3, -0.25) is 19.3 Å². The number of anilines is 1. The van der Waals surface area contributed by atoms with Crippen LogP contribution in [0.3, 0.4) is 0 Å². The van der Waals surface area contributed by atoms with E-state index in [1.54, 1.807) is 37.3 Å². The van der Waals surface area contributed by atoms with Gasteiger partial charge >= 0.3 is 11.9 Å². The lowest BCUT2D eigenvalue weighted by Gasteiger charge is -2.21. The molecule has 30 heavy (non-hydrogen) atoms. The summed E-state index contributed by atoms with van der Waals surface area (Å²) in [7, 11) is 0. The molecule has 0 unspecified atom stereocenters. The van der Waals surface area contributed by atoms with Crippen molar-refractivity contribution in [1.29, 1.82) is 0 Å². The van der Waals surface area contributed by atoms with Crippen molar-refractivity contribution in [3.63, 3.8) is 0 Å². The molecule has 0 bridgehead atoms. The SMILES string of the molecule is CCOC(=O)CN(C(=O)COC(=O)CCc1ccccc1OCC)c1ccccc1. The maximum atomic E-state index is 12.6. The van der Waals surface area contributed by atoms with Gasteiger partial charge in [0.2, 0.25) is 0 Å². The van der Waals surface area contributed by atoms with Gasteiger partial charge in [0.1, 0.15) is 12.3 Å². The molecular formula is C23H27NO6. The van der Waals surface area contributed by atoms with Crippen LogP contribution in [-0.4, -0.2) is 44.2 Å². The second-order valence-electron chi connectivity index (χ2n) is 6.32. The Hall–Kier alpha value is -3.35. The molecule has 1 amide bonds. The number of aryl methyl sites for hydroxylation is 1. The molecular weight excluding hydrogens is 386 g/mol. The molecule has 7 nitrogen and oxygen atoms in total. The van der Waals surface area contributed by atoms with Crippen molar-refractivity contribution < 1.29 is 28.6 Å². The third-order valence-electron chi connectivity index (χ3n) is 4.19. The van der Waals surface area contributed by atoms with Crippen LogP contribution in [-0.2, 0) is 30.3 Å². The van der Waals surface area contributed by atoms with Crippen LogP contribution in [0.1, 0.15) is 25.8 Å². The van der Waals surface area contributed by atoms with E-state index in [4.69, 9.17) is 14.2 Å². The van der Waals surface area contributed by atoms with Crippen molar-refractivity contribution in [2.45, 2.75) is 26.7 Å². The predicted molar refractivity (Wildman–Crippen MR) is 112 cm³/mol. The summed E-state index contributed by atoms with van der Waals surface area (Å²) in [5, 5.41) is 0. The molecule has 160 valence electrons. The third kappa shape index (κ3) is 7.24. The van der Waals surface area contributed by atoms with Crippen LogP contribution < -0.4 is 9.64 Å². The molecule has 2 rings (SSSR count). The first-order valence-corrected chi connectivity index (χ1v) is 9.92. The van der Waals surface area contributed by atoms with Gasteiger partial charge in [-0.1, -0.05) is 36.4 Å². The summed E-state index contributed by atoms with van der Waals surface area (Å²) in [6.07, 6.45) is 0.551. The number of rotatable bonds is 11. The molecule has 0 saturated carbocycles. The van der Waals surface area contributed by atoms with Crippen LogP contribution in [0.4, 0.5) is 5.69 Å². The van der Waals surface area contributed by atoms with Crippen molar-refractivity contribution in [3.05, 3.63) is 60.2 Å². The molecule has 2 aromatic rings. The van der Waals surface area contributed by atoms with Crippen molar-refractivity contribution in [2.75, 3.05) is 31.3 Å². The van der Waals surface area contributed by atoms with Crippen molar-refractivity contribution in [2.24, 2.45) is 0 Å². The zero-order chi connectivity index (χ0) is 21.8. The number of hydrogen-bond acceptors (Lipinski definition) is 6. The number of carbonyl (C=O) groups excluding carboxylic acids is 3. The van der Waals surface area contributed by atoms with E-state index in [-0.39, 0.29) is 19.6 Å². The highest BCUT2D eigenvalue weighted by atomic mass is 16.5. The summed E-state index contributed by atoms with van der Waals surface area (Å²) in [5.41, 5.74) is 1.42. The van der Waals surface area contributed by atoms with Crippen molar-refractivity contribution in [3.8, 4) is 5.75 Å². The van der Waals surface area contributed by atoms with Gasteiger partial charge in [-0.05, 0) is 44.0 Å². The Morgan fingerprint density at radius 3 is 2.23 bits per heavy atom. The molecule has 0 saturated heterocycles. The molecule has 7 heteroatoms. The average Bonchev–Trinajstić information content (AvgIpc) is 2.76. The van der Waals surface area contributed by atoms with E-state index in [0.717, 1.165) is 11.3 Å². The molecule has 0 radical (unpaired) electrons. The zero-order valence-corrected chi connectivity index (χ0v) is 17.3. The number of ether oxygens (including phenoxy) is 3. The van der Waals surface area contributed by atoms with Gasteiger partial charge < -0.3 is 14.2 Å². The Kier molecular flexibility index (Phi) is 9.37. The second kappa shape index (κ2) is 12.3. The topological polar surface area (TPSA) is 82.1 Å². The van der Waals surface area contributed by atoms with E-state index < -0.39 is 24.5 Å². The fourth-order valence-corrected chi connectivity index (χ4v) is 2.80. The van der Waals surface area contributed by atoms with Crippen LogP contribution in [0.25, 0.3) is 0 Å². The van der Waals surface area contributed by atoms with Crippen molar-refractivity contribution in [1.82, 2.24) is 0 Å². The first-order valence-electron chi connectivity index (χ1n) is 9.92. The van der Waals surface area contributed by atoms with Gasteiger partial charge in [-0.2, -0.15) is 0 Å². The van der Waals surface area contributed by atoms with Gasteiger partial charge in [-0.25, -0.2) is 0 Å². The quantitative estimate of drug-likeness (QED) is 0.527. The lowest BCUT2D eigenvalue weighted by Crippen LogP contribution is -2.39. The molecule has 0 aliphatic carbocycles. The number of carbonyl (C=O) groups is 3. The van der Waals surface area contributed by atoms with Gasteiger partial charge in [0.25, 0.3) is 5.91 Å². The van der Waals surface area contributed by atoms with E-state index in [0.29, 0.717) is 18.7 Å². The number of amides is 1. The monoisotopic (exact) mass is 413 g/mol. The van der Waals surface area contributed by atoms with Gasteiger partial charge in [-0.15, -0.1) is 0 Å². The molecule has 0 fully saturated rings. The molecule has 0 aromatic heterocycles. The lowest BCUT2D eigenvalue weighted by atomic mass is 10.1. The molecule has 0 spiro atoms. The average molecular weight is 413 g/mol. The fourth-order valence-electron chi connectivity index (χ4n) is 2.80. The normalized spacial score (nSPS) is 10.2. The maximum Gasteiger partial charge on any atom is 0.326 e. The molecule has 0 aliphatic heterocycles. The zero-order valence-electron chi connectivity index (χ0n) is 17.3. The van der Waals surface area contributed by atoms with Crippen LogP contribution in [0.2, 0.25) is 0 Å². The van der Waals surface area contributed by atoms with Crippen LogP contribution in [0, 0.1) is 0 Å². The largest absolute Gasteiger partial charge is 0.494 e. The van der Waals surface area contributed by atoms with Crippen molar-refractivity contribution >= 4 is 23.5 Å². The summed E-state index contributed by atoms with van der Waals surface area (Å²) in [5.74, 6) is -0.807. The molecule has 0 N–H and O–H groups in total. The van der Waals surface area contributed by atoms with E-state index >= 15 is 0 Å². The summed E-state index contributed by atoms with van der Waals surface area (Å²) >= 11 is 0. The minimum atomic E-state index is -0.534. The molecule has 0 aliphatic rings. The Balaban J connectivity index is 1.92. The Morgan fingerprint density at radius 2 is 1.53 bits per heavy atom. The standard InChI is InChI=1S/C23H27NO6/c1-3-28-20-13-9-8-10-18(20)14-15-22(26)30-17-21(25)24(16-23(27)29-4-2)19-11-6-5-7-12-19/h5-13H,3-4,14-17H2,1-2H3. The number of benzene rings is 2. The Bertz CT molecular complexity index is 837. The van der Waals surface area contributed by atoms with E-state index in [1.807, 2.05) is 31.2 Å². The first-order chi connectivity index (χ1) is 14.5. The number of esters is 2. The highest BCUT2D eigenvalue weighted by Crippen LogP contribution is 2.20. The number of hydrogen-bond donors (Lipinski definition) is 0. The summed E-state index contributed by atoms with van der Waals surface area (Å²) in [6, 6.07) is 16.2. The fraction of sp³-hybridized carbons (Fsp3) is 0.348. The lowest BCUT2D eigenvalue weighted by molar-refractivity contribution is -0.148. The maximum absolute atomic E-state index is 12.6. The van der Waals surface area contributed by atoms with Gasteiger partial charge in [0.15, 0.2) is 6.61 Å². The van der Waals surface area contributed by atoms with Crippen LogP contribution in [0.15, 0.2) is 54.6 Å². The molecule has 0 heterocycles. The van der Waals surface area contributed by atoms with Gasteiger partial charge in [0.05, 0.1) is 13.2 Å². The summed E-state index contributed by atoms with van der Waals surface area (Å²) in [6.45, 7) is 3.62. The Labute approximate surface area is 176 Å². The first kappa shape index (κ1) is 22.9. The Morgan fingerprint density at radius 1 is 0.833 bits per heavy atom. The molecule has 2 aromatic carbocycles. The predicted octanol–water partition coefficient (Wildman–Crippen LogP) is 3.16. The third-order valence-corrected chi connectivity index (χ3v) is 4.19. The van der Waals surface area contributed by atoms with E-state index in [9.17, 15) is 14.4 Å². The second-order valence-corrected chi connectivity index (χ2v) is 6.32. The minimum Gasteiger partial charge on any atom is -0.494 e. The number of para-hydroxylation sites is 2. The van der Waals surface area contributed by atoms with Gasteiger partial charge in [0, 0.05) is 12.1 Å². The summed E-state index contributed by atoms with van der Waals surface area (Å²) in [4.78, 5) is 37.9. The van der Waals surface area contributed by atoms with Crippen LogP contribution in [0.5, 0.6) is 5.75 Å². The number of nitrogens with zero attached hydrogens (tertiary/aromatic N) is 1. The molecule has 0 atom stereocenters. The highest BCUT2D eigenvalue weighted by Gasteiger charge is 2.21. The minimum absolute atomic E-state index is 0.112. The smallest absolute Gasteiger partial charge is 0.326 e. The van der Waals surface area contributed by atoms with E-state index in [2.05, 4.69) is 0 Å². The van der Waals surface area contributed by atoms with Crippen LogP contribution >= 0.6 is 0 Å².